The van der Waals surface area contributed by atoms with Crippen molar-refractivity contribution in [2.24, 2.45) is 7.05 Å². The van der Waals surface area contributed by atoms with Gasteiger partial charge in [0.2, 0.25) is 5.88 Å². The number of aromatic carboxylic acids is 1. The lowest BCUT2D eigenvalue weighted by Gasteiger charge is -2.08. The molecule has 7 heteroatoms. The molecule has 0 saturated heterocycles. The minimum atomic E-state index is -1.19. The lowest BCUT2D eigenvalue weighted by molar-refractivity contribution is 0.0690. The van der Waals surface area contributed by atoms with Gasteiger partial charge in [0.1, 0.15) is 24.0 Å². The summed E-state index contributed by atoms with van der Waals surface area (Å²) in [6.45, 7) is 0.543. The van der Waals surface area contributed by atoms with Crippen molar-refractivity contribution in [3.8, 4) is 11.6 Å². The monoisotopic (exact) mass is 296 g/mol. The summed E-state index contributed by atoms with van der Waals surface area (Å²) in [4.78, 5) is 10.9. The molecule has 2 aromatic rings. The predicted octanol–water partition coefficient (Wildman–Crippen LogP) is 2.23. The highest BCUT2D eigenvalue weighted by molar-refractivity contribution is 6.34. The van der Waals surface area contributed by atoms with Gasteiger partial charge in [0.25, 0.3) is 0 Å². The summed E-state index contributed by atoms with van der Waals surface area (Å²) < 4.78 is 12.1. The number of carboxylic acid groups (broad SMARTS) is 1. The Balaban J connectivity index is 1.90. The predicted molar refractivity (Wildman–Crippen MR) is 72.6 cm³/mol. The van der Waals surface area contributed by atoms with Crippen molar-refractivity contribution in [3.63, 3.8) is 0 Å². The van der Waals surface area contributed by atoms with Crippen LogP contribution in [0.25, 0.3) is 0 Å². The maximum absolute atomic E-state index is 10.9. The Kier molecular flexibility index (Phi) is 4.47. The number of aromatic nitrogens is 2. The van der Waals surface area contributed by atoms with E-state index in [4.69, 9.17) is 26.2 Å². The van der Waals surface area contributed by atoms with Gasteiger partial charge >= 0.3 is 5.97 Å². The summed E-state index contributed by atoms with van der Waals surface area (Å²) in [6, 6.07) is 9.30. The van der Waals surface area contributed by atoms with Crippen LogP contribution in [0.4, 0.5) is 0 Å². The normalized spacial score (nSPS) is 10.3. The molecular weight excluding hydrogens is 284 g/mol. The summed E-state index contributed by atoms with van der Waals surface area (Å²) >= 11 is 5.89. The van der Waals surface area contributed by atoms with Gasteiger partial charge in [-0.15, -0.1) is 0 Å². The van der Waals surface area contributed by atoms with Gasteiger partial charge in [-0.05, 0) is 12.1 Å². The van der Waals surface area contributed by atoms with Crippen molar-refractivity contribution in [1.29, 1.82) is 0 Å². The number of carboxylic acids is 1. The number of nitrogens with zero attached hydrogens (tertiary/aromatic N) is 2. The molecule has 6 nitrogen and oxygen atoms in total. The molecular formula is C13H13ClN2O4. The second kappa shape index (κ2) is 6.29. The van der Waals surface area contributed by atoms with Crippen molar-refractivity contribution in [2.45, 2.75) is 0 Å². The highest BCUT2D eigenvalue weighted by atomic mass is 35.5. The molecule has 0 saturated carbocycles. The SMILES string of the molecule is Cn1nc(C(=O)O)c(Cl)c1OCCOc1ccccc1. The number of carbonyl (C=O) groups is 1. The number of hydrogen-bond donors (Lipinski definition) is 1. The second-order valence-electron chi connectivity index (χ2n) is 3.91. The summed E-state index contributed by atoms with van der Waals surface area (Å²) in [5.41, 5.74) is -0.229. The molecule has 1 N–H and O–H groups in total. The maximum atomic E-state index is 10.9. The van der Waals surface area contributed by atoms with Crippen molar-refractivity contribution in [2.75, 3.05) is 13.2 Å². The Morgan fingerprint density at radius 1 is 1.30 bits per heavy atom. The fourth-order valence-corrected chi connectivity index (χ4v) is 1.89. The van der Waals surface area contributed by atoms with Crippen LogP contribution in [0.1, 0.15) is 10.5 Å². The molecule has 106 valence electrons. The Hall–Kier alpha value is -2.21. The van der Waals surface area contributed by atoms with Crippen LogP contribution in [0.3, 0.4) is 0 Å². The first-order valence-electron chi connectivity index (χ1n) is 5.86. The van der Waals surface area contributed by atoms with E-state index in [1.54, 1.807) is 7.05 Å². The van der Waals surface area contributed by atoms with Gasteiger partial charge in [-0.2, -0.15) is 5.10 Å². The van der Waals surface area contributed by atoms with Crippen LogP contribution in [-0.4, -0.2) is 34.1 Å². The Morgan fingerprint density at radius 2 is 1.95 bits per heavy atom. The number of para-hydroxylation sites is 1. The highest BCUT2D eigenvalue weighted by Gasteiger charge is 2.20. The van der Waals surface area contributed by atoms with Gasteiger partial charge in [0.05, 0.1) is 0 Å². The molecule has 0 bridgehead atoms. The smallest absolute Gasteiger partial charge is 0.358 e. The van der Waals surface area contributed by atoms with Crippen molar-refractivity contribution in [1.82, 2.24) is 9.78 Å². The van der Waals surface area contributed by atoms with E-state index in [0.29, 0.717) is 6.61 Å². The fourth-order valence-electron chi connectivity index (χ4n) is 1.59. The van der Waals surface area contributed by atoms with E-state index in [2.05, 4.69) is 5.10 Å². The second-order valence-corrected chi connectivity index (χ2v) is 4.28. The molecule has 1 aromatic heterocycles. The van der Waals surface area contributed by atoms with E-state index < -0.39 is 5.97 Å². The number of rotatable bonds is 6. The van der Waals surface area contributed by atoms with Crippen molar-refractivity contribution >= 4 is 17.6 Å². The number of aryl methyl sites for hydroxylation is 1. The molecule has 0 radical (unpaired) electrons. The largest absolute Gasteiger partial charge is 0.490 e. The zero-order valence-corrected chi connectivity index (χ0v) is 11.5. The van der Waals surface area contributed by atoms with E-state index in [1.807, 2.05) is 30.3 Å². The lowest BCUT2D eigenvalue weighted by atomic mass is 10.3. The quantitative estimate of drug-likeness (QED) is 0.828. The first-order valence-corrected chi connectivity index (χ1v) is 6.24. The van der Waals surface area contributed by atoms with Gasteiger partial charge in [0, 0.05) is 7.05 Å². The van der Waals surface area contributed by atoms with Crippen LogP contribution in [0.5, 0.6) is 11.6 Å². The fraction of sp³-hybridized carbons (Fsp3) is 0.231. The average Bonchev–Trinajstić information content (AvgIpc) is 2.72. The van der Waals surface area contributed by atoms with Crippen LogP contribution in [-0.2, 0) is 7.05 Å². The third-order valence-corrected chi connectivity index (χ3v) is 2.82. The van der Waals surface area contributed by atoms with Crippen LogP contribution < -0.4 is 9.47 Å². The van der Waals surface area contributed by atoms with E-state index in [0.717, 1.165) is 5.75 Å². The Morgan fingerprint density at radius 3 is 2.55 bits per heavy atom. The first-order chi connectivity index (χ1) is 9.59. The minimum Gasteiger partial charge on any atom is -0.490 e. The molecule has 0 fully saturated rings. The molecule has 2 rings (SSSR count). The van der Waals surface area contributed by atoms with Crippen LogP contribution in [0, 0.1) is 0 Å². The summed E-state index contributed by atoms with van der Waals surface area (Å²) in [6.07, 6.45) is 0. The van der Waals surface area contributed by atoms with Crippen LogP contribution in [0.2, 0.25) is 5.02 Å². The van der Waals surface area contributed by atoms with Crippen molar-refractivity contribution in [3.05, 3.63) is 41.0 Å². The molecule has 0 aliphatic rings. The third-order valence-electron chi connectivity index (χ3n) is 2.48. The molecule has 0 aliphatic heterocycles. The van der Waals surface area contributed by atoms with Gasteiger partial charge in [-0.25, -0.2) is 9.48 Å². The average molecular weight is 297 g/mol. The molecule has 0 unspecified atom stereocenters. The van der Waals surface area contributed by atoms with E-state index in [-0.39, 0.29) is 23.2 Å². The molecule has 1 aromatic carbocycles. The minimum absolute atomic E-state index is 0.0142. The van der Waals surface area contributed by atoms with Crippen molar-refractivity contribution < 1.29 is 19.4 Å². The molecule has 0 spiro atoms. The standard InChI is InChI=1S/C13H13ClN2O4/c1-16-12(10(14)11(15-16)13(17)18)20-8-7-19-9-5-3-2-4-6-9/h2-6H,7-8H2,1H3,(H,17,18). The van der Waals surface area contributed by atoms with Gasteiger partial charge in [-0.1, -0.05) is 29.8 Å². The third kappa shape index (κ3) is 3.21. The number of ether oxygens (including phenoxy) is 2. The zero-order valence-electron chi connectivity index (χ0n) is 10.7. The van der Waals surface area contributed by atoms with E-state index >= 15 is 0 Å². The number of hydrogen-bond acceptors (Lipinski definition) is 4. The Labute approximate surface area is 120 Å². The highest BCUT2D eigenvalue weighted by Crippen LogP contribution is 2.27. The maximum Gasteiger partial charge on any atom is 0.358 e. The number of halogens is 1. The van der Waals surface area contributed by atoms with Gasteiger partial charge in [0.15, 0.2) is 5.69 Å². The summed E-state index contributed by atoms with van der Waals surface area (Å²) in [7, 11) is 1.56. The molecule has 0 aliphatic carbocycles. The molecule has 1 heterocycles. The molecule has 20 heavy (non-hydrogen) atoms. The summed E-state index contributed by atoms with van der Waals surface area (Å²) in [5.74, 6) is -0.250. The Bertz CT molecular complexity index is 598. The van der Waals surface area contributed by atoms with Gasteiger partial charge < -0.3 is 14.6 Å². The van der Waals surface area contributed by atoms with E-state index in [1.165, 1.54) is 4.68 Å². The molecule has 0 amide bonds. The van der Waals surface area contributed by atoms with Crippen LogP contribution >= 0.6 is 11.6 Å². The van der Waals surface area contributed by atoms with E-state index in [9.17, 15) is 4.79 Å². The number of benzene rings is 1. The molecule has 0 atom stereocenters. The van der Waals surface area contributed by atoms with Gasteiger partial charge in [-0.3, -0.25) is 0 Å². The zero-order chi connectivity index (χ0) is 14.5. The van der Waals surface area contributed by atoms with Crippen LogP contribution in [0.15, 0.2) is 30.3 Å². The topological polar surface area (TPSA) is 73.6 Å². The summed E-state index contributed by atoms with van der Waals surface area (Å²) in [5, 5.41) is 12.6. The first kappa shape index (κ1) is 14.2. The lowest BCUT2D eigenvalue weighted by Crippen LogP contribution is -2.11.